The maximum absolute atomic E-state index is 5.76. The highest BCUT2D eigenvalue weighted by Crippen LogP contribution is 2.08. The van der Waals surface area contributed by atoms with Crippen molar-refractivity contribution in [3.63, 3.8) is 0 Å². The zero-order valence-corrected chi connectivity index (χ0v) is 13.1. The van der Waals surface area contributed by atoms with Crippen LogP contribution in [0.15, 0.2) is 6.07 Å². The molecule has 1 N–H and O–H groups in total. The smallest absolute Gasteiger partial charge is 0.0626 e. The second-order valence-electron chi connectivity index (χ2n) is 5.33. The van der Waals surface area contributed by atoms with Gasteiger partial charge in [0.1, 0.15) is 0 Å². The van der Waals surface area contributed by atoms with Crippen LogP contribution in [0.3, 0.4) is 0 Å². The van der Waals surface area contributed by atoms with E-state index < -0.39 is 0 Å². The van der Waals surface area contributed by atoms with Crippen LogP contribution in [0.2, 0.25) is 0 Å². The van der Waals surface area contributed by atoms with Crippen LogP contribution in [0, 0.1) is 6.92 Å². The molecule has 0 saturated heterocycles. The van der Waals surface area contributed by atoms with Crippen molar-refractivity contribution >= 4 is 0 Å². The van der Waals surface area contributed by atoms with Crippen molar-refractivity contribution in [2.75, 3.05) is 13.2 Å². The molecular weight excluding hydrogens is 238 g/mol. The summed E-state index contributed by atoms with van der Waals surface area (Å²) in [7, 11) is 0. The van der Waals surface area contributed by atoms with Gasteiger partial charge in [-0.3, -0.25) is 4.68 Å². The molecule has 110 valence electrons. The molecule has 19 heavy (non-hydrogen) atoms. The summed E-state index contributed by atoms with van der Waals surface area (Å²) in [5, 5.41) is 8.07. The van der Waals surface area contributed by atoms with Gasteiger partial charge in [0.2, 0.25) is 0 Å². The first-order chi connectivity index (χ1) is 9.06. The summed E-state index contributed by atoms with van der Waals surface area (Å²) < 4.78 is 7.85. The summed E-state index contributed by atoms with van der Waals surface area (Å²) in [4.78, 5) is 0. The third kappa shape index (κ3) is 5.74. The molecule has 0 fully saturated rings. The molecule has 0 saturated carbocycles. The highest BCUT2D eigenvalue weighted by molar-refractivity contribution is 5.10. The fourth-order valence-corrected chi connectivity index (χ4v) is 2.14. The van der Waals surface area contributed by atoms with Gasteiger partial charge in [0.05, 0.1) is 18.4 Å². The molecule has 0 radical (unpaired) electrons. The fraction of sp³-hybridized carbons (Fsp3) is 0.800. The summed E-state index contributed by atoms with van der Waals surface area (Å²) in [6, 6.07) is 2.54. The average Bonchev–Trinajstić information content (AvgIpc) is 2.72. The molecule has 0 spiro atoms. The molecule has 0 aromatic carbocycles. The van der Waals surface area contributed by atoms with Crippen LogP contribution >= 0.6 is 0 Å². The highest BCUT2D eigenvalue weighted by Gasteiger charge is 2.13. The molecule has 0 aliphatic heterocycles. The first kappa shape index (κ1) is 16.2. The van der Waals surface area contributed by atoms with E-state index in [2.05, 4.69) is 55.8 Å². The lowest BCUT2D eigenvalue weighted by Crippen LogP contribution is -2.37. The van der Waals surface area contributed by atoms with Crippen LogP contribution in [-0.4, -0.2) is 35.1 Å². The second-order valence-corrected chi connectivity index (χ2v) is 5.33. The van der Waals surface area contributed by atoms with E-state index in [-0.39, 0.29) is 6.10 Å². The maximum Gasteiger partial charge on any atom is 0.0626 e. The molecular formula is C15H29N3O. The number of nitrogens with zero attached hydrogens (tertiary/aromatic N) is 2. The first-order valence-corrected chi connectivity index (χ1v) is 7.45. The summed E-state index contributed by atoms with van der Waals surface area (Å²) in [5.74, 6) is 0. The van der Waals surface area contributed by atoms with E-state index in [0.29, 0.717) is 6.04 Å². The molecule has 4 heteroatoms. The highest BCUT2D eigenvalue weighted by atomic mass is 16.5. The van der Waals surface area contributed by atoms with Gasteiger partial charge in [-0.15, -0.1) is 0 Å². The number of hydrogen-bond acceptors (Lipinski definition) is 3. The number of nitrogens with one attached hydrogen (secondary N) is 1. The number of hydrogen-bond donors (Lipinski definition) is 1. The van der Waals surface area contributed by atoms with E-state index in [4.69, 9.17) is 4.74 Å². The molecule has 1 rings (SSSR count). The monoisotopic (exact) mass is 267 g/mol. The van der Waals surface area contributed by atoms with Gasteiger partial charge in [-0.05, 0) is 46.7 Å². The maximum atomic E-state index is 5.76. The van der Waals surface area contributed by atoms with Crippen LogP contribution in [0.25, 0.3) is 0 Å². The van der Waals surface area contributed by atoms with Gasteiger partial charge in [0.25, 0.3) is 0 Å². The molecule has 1 atom stereocenters. The minimum absolute atomic E-state index is 0.281. The van der Waals surface area contributed by atoms with E-state index >= 15 is 0 Å². The molecule has 0 bridgehead atoms. The first-order valence-electron chi connectivity index (χ1n) is 7.45. The van der Waals surface area contributed by atoms with Crippen LogP contribution < -0.4 is 5.32 Å². The fourth-order valence-electron chi connectivity index (χ4n) is 2.14. The molecule has 1 aromatic heterocycles. The zero-order valence-electron chi connectivity index (χ0n) is 13.1. The van der Waals surface area contributed by atoms with Crippen molar-refractivity contribution in [1.82, 2.24) is 15.1 Å². The Balaban J connectivity index is 2.63. The van der Waals surface area contributed by atoms with Gasteiger partial charge in [0.15, 0.2) is 0 Å². The van der Waals surface area contributed by atoms with Crippen molar-refractivity contribution in [3.8, 4) is 0 Å². The molecule has 1 aromatic rings. The summed E-state index contributed by atoms with van der Waals surface area (Å²) in [6.45, 7) is 13.2. The van der Waals surface area contributed by atoms with Crippen LogP contribution in [0.5, 0.6) is 0 Å². The minimum atomic E-state index is 0.281. The molecule has 0 aliphatic rings. The van der Waals surface area contributed by atoms with Gasteiger partial charge < -0.3 is 10.1 Å². The Bertz CT molecular complexity index is 360. The van der Waals surface area contributed by atoms with Crippen molar-refractivity contribution in [2.45, 2.75) is 66.2 Å². The third-order valence-electron chi connectivity index (χ3n) is 3.05. The van der Waals surface area contributed by atoms with E-state index in [1.54, 1.807) is 0 Å². The van der Waals surface area contributed by atoms with Crippen LogP contribution in [-0.2, 0) is 17.7 Å². The van der Waals surface area contributed by atoms with E-state index in [1.165, 1.54) is 5.69 Å². The Morgan fingerprint density at radius 2 is 2.11 bits per heavy atom. The van der Waals surface area contributed by atoms with Crippen molar-refractivity contribution in [1.29, 1.82) is 0 Å². The number of aromatic nitrogens is 2. The standard InChI is InChI=1S/C15H29N3O/c1-6-8-16-14(11-19-12(3)4)10-15-9-13(5)17-18(15)7-2/h9,12,14,16H,6-8,10-11H2,1-5H3. The number of ether oxygens (including phenoxy) is 1. The predicted molar refractivity (Wildman–Crippen MR) is 79.5 cm³/mol. The van der Waals surface area contributed by atoms with E-state index in [1.807, 2.05) is 0 Å². The second kappa shape index (κ2) is 8.33. The van der Waals surface area contributed by atoms with E-state index in [0.717, 1.165) is 38.2 Å². The zero-order chi connectivity index (χ0) is 14.3. The Kier molecular flexibility index (Phi) is 7.10. The molecule has 1 heterocycles. The molecule has 0 aliphatic carbocycles. The Morgan fingerprint density at radius 3 is 2.68 bits per heavy atom. The lowest BCUT2D eigenvalue weighted by Gasteiger charge is -2.20. The van der Waals surface area contributed by atoms with Crippen molar-refractivity contribution < 1.29 is 4.74 Å². The Hall–Kier alpha value is -0.870. The largest absolute Gasteiger partial charge is 0.377 e. The topological polar surface area (TPSA) is 39.1 Å². The number of aryl methyl sites for hydroxylation is 2. The van der Waals surface area contributed by atoms with E-state index in [9.17, 15) is 0 Å². The summed E-state index contributed by atoms with van der Waals surface area (Å²) in [6.07, 6.45) is 2.40. The summed E-state index contributed by atoms with van der Waals surface area (Å²) >= 11 is 0. The Morgan fingerprint density at radius 1 is 1.37 bits per heavy atom. The van der Waals surface area contributed by atoms with Gasteiger partial charge in [-0.2, -0.15) is 5.10 Å². The van der Waals surface area contributed by atoms with Crippen molar-refractivity contribution in [3.05, 3.63) is 17.5 Å². The quantitative estimate of drug-likeness (QED) is 0.747. The van der Waals surface area contributed by atoms with Crippen molar-refractivity contribution in [2.24, 2.45) is 0 Å². The van der Waals surface area contributed by atoms with Gasteiger partial charge in [-0.25, -0.2) is 0 Å². The number of rotatable bonds is 9. The normalized spacial score (nSPS) is 13.2. The minimum Gasteiger partial charge on any atom is -0.377 e. The van der Waals surface area contributed by atoms with Gasteiger partial charge in [-0.1, -0.05) is 6.92 Å². The average molecular weight is 267 g/mol. The molecule has 0 amide bonds. The molecule has 4 nitrogen and oxygen atoms in total. The van der Waals surface area contributed by atoms with Gasteiger partial charge in [0, 0.05) is 24.7 Å². The lowest BCUT2D eigenvalue weighted by molar-refractivity contribution is 0.0609. The summed E-state index contributed by atoms with van der Waals surface area (Å²) in [5.41, 5.74) is 2.39. The third-order valence-corrected chi connectivity index (χ3v) is 3.05. The molecule has 1 unspecified atom stereocenters. The lowest BCUT2D eigenvalue weighted by atomic mass is 10.1. The predicted octanol–water partition coefficient (Wildman–Crippen LogP) is 2.55. The van der Waals surface area contributed by atoms with Crippen LogP contribution in [0.4, 0.5) is 0 Å². The van der Waals surface area contributed by atoms with Gasteiger partial charge >= 0.3 is 0 Å². The Labute approximate surface area is 117 Å². The van der Waals surface area contributed by atoms with Crippen LogP contribution in [0.1, 0.15) is 45.5 Å². The SMILES string of the molecule is CCCNC(COC(C)C)Cc1cc(C)nn1CC.